The molecule has 0 aromatic heterocycles. The zero-order chi connectivity index (χ0) is 14.4. The van der Waals surface area contributed by atoms with Crippen LogP contribution in [-0.2, 0) is 16.0 Å². The second-order valence-corrected chi connectivity index (χ2v) is 5.20. The van der Waals surface area contributed by atoms with Crippen LogP contribution in [0.5, 0.6) is 0 Å². The van der Waals surface area contributed by atoms with Gasteiger partial charge in [-0.1, -0.05) is 30.3 Å². The molecule has 2 aliphatic heterocycles. The third-order valence-corrected chi connectivity index (χ3v) is 3.97. The molecular formula is C14H14F3NO2. The molecule has 108 valence electrons. The fraction of sp³-hybridized carbons (Fsp3) is 0.500. The molecule has 0 saturated carbocycles. The Balaban J connectivity index is 1.87. The van der Waals surface area contributed by atoms with E-state index in [9.17, 15) is 18.0 Å². The summed E-state index contributed by atoms with van der Waals surface area (Å²) in [6, 6.07) is 8.63. The van der Waals surface area contributed by atoms with Crippen molar-refractivity contribution >= 4 is 5.91 Å². The number of carbonyl (C=O) groups is 1. The SMILES string of the molecule is O=C1CC[C@@]2(C(F)(F)F)OC[C@@H](Cc3ccccc3)N12. The van der Waals surface area contributed by atoms with Crippen molar-refractivity contribution in [1.29, 1.82) is 0 Å². The van der Waals surface area contributed by atoms with E-state index in [0.717, 1.165) is 10.5 Å². The summed E-state index contributed by atoms with van der Waals surface area (Å²) >= 11 is 0. The summed E-state index contributed by atoms with van der Waals surface area (Å²) in [5.41, 5.74) is -1.50. The fourth-order valence-corrected chi connectivity index (χ4v) is 3.06. The molecule has 0 spiro atoms. The smallest absolute Gasteiger partial charge is 0.345 e. The van der Waals surface area contributed by atoms with Crippen molar-refractivity contribution in [3.63, 3.8) is 0 Å². The van der Waals surface area contributed by atoms with Gasteiger partial charge < -0.3 is 9.64 Å². The van der Waals surface area contributed by atoms with Crippen LogP contribution in [0.4, 0.5) is 13.2 Å². The maximum absolute atomic E-state index is 13.3. The van der Waals surface area contributed by atoms with Gasteiger partial charge in [-0.15, -0.1) is 0 Å². The monoisotopic (exact) mass is 285 g/mol. The summed E-state index contributed by atoms with van der Waals surface area (Å²) < 4.78 is 44.9. The lowest BCUT2D eigenvalue weighted by Gasteiger charge is -2.34. The van der Waals surface area contributed by atoms with E-state index in [4.69, 9.17) is 4.74 Å². The molecule has 1 aromatic carbocycles. The predicted octanol–water partition coefficient (Wildman–Crippen LogP) is 2.51. The molecule has 2 heterocycles. The third-order valence-electron chi connectivity index (χ3n) is 3.97. The maximum Gasteiger partial charge on any atom is 0.436 e. The van der Waals surface area contributed by atoms with Crippen molar-refractivity contribution in [3.8, 4) is 0 Å². The Labute approximate surface area is 114 Å². The Morgan fingerprint density at radius 1 is 1.30 bits per heavy atom. The fourth-order valence-electron chi connectivity index (χ4n) is 3.06. The van der Waals surface area contributed by atoms with E-state index in [-0.39, 0.29) is 19.4 Å². The number of alkyl halides is 3. The van der Waals surface area contributed by atoms with Gasteiger partial charge in [-0.05, 0) is 12.0 Å². The molecular weight excluding hydrogens is 271 g/mol. The quantitative estimate of drug-likeness (QED) is 0.835. The topological polar surface area (TPSA) is 29.5 Å². The standard InChI is InChI=1S/C14H14F3NO2/c15-14(16,17)13-7-6-12(19)18(13)11(9-20-13)8-10-4-2-1-3-5-10/h1-5,11H,6-9H2/t11-,13+/m1/s1. The molecule has 3 rings (SSSR count). The Bertz CT molecular complexity index is 517. The van der Waals surface area contributed by atoms with Gasteiger partial charge in [0.25, 0.3) is 0 Å². The highest BCUT2D eigenvalue weighted by Crippen LogP contribution is 2.49. The number of hydrogen-bond donors (Lipinski definition) is 0. The van der Waals surface area contributed by atoms with Gasteiger partial charge in [-0.3, -0.25) is 4.79 Å². The summed E-state index contributed by atoms with van der Waals surface area (Å²) in [5.74, 6) is -0.472. The van der Waals surface area contributed by atoms with Crippen molar-refractivity contribution in [2.24, 2.45) is 0 Å². The average Bonchev–Trinajstić information content (AvgIpc) is 2.92. The first-order valence-electron chi connectivity index (χ1n) is 6.51. The second-order valence-electron chi connectivity index (χ2n) is 5.20. The van der Waals surface area contributed by atoms with E-state index >= 15 is 0 Å². The Morgan fingerprint density at radius 3 is 2.65 bits per heavy atom. The van der Waals surface area contributed by atoms with Gasteiger partial charge in [0, 0.05) is 12.8 Å². The number of amides is 1. The van der Waals surface area contributed by atoms with Crippen LogP contribution in [0.3, 0.4) is 0 Å². The van der Waals surface area contributed by atoms with Gasteiger partial charge in [-0.25, -0.2) is 0 Å². The van der Waals surface area contributed by atoms with Crippen molar-refractivity contribution in [3.05, 3.63) is 35.9 Å². The molecule has 6 heteroatoms. The van der Waals surface area contributed by atoms with Gasteiger partial charge in [0.2, 0.25) is 11.6 Å². The average molecular weight is 285 g/mol. The second kappa shape index (κ2) is 4.48. The lowest BCUT2D eigenvalue weighted by molar-refractivity contribution is -0.293. The van der Waals surface area contributed by atoms with E-state index in [1.807, 2.05) is 30.3 Å². The van der Waals surface area contributed by atoms with Crippen molar-refractivity contribution < 1.29 is 22.7 Å². The summed E-state index contributed by atoms with van der Waals surface area (Å²) in [6.45, 7) is -0.0693. The number of halogens is 3. The Kier molecular flexibility index (Phi) is 3.01. The summed E-state index contributed by atoms with van der Waals surface area (Å²) in [5, 5.41) is 0. The van der Waals surface area contributed by atoms with Crippen LogP contribution in [0.2, 0.25) is 0 Å². The van der Waals surface area contributed by atoms with E-state index < -0.39 is 23.9 Å². The van der Waals surface area contributed by atoms with E-state index in [1.165, 1.54) is 0 Å². The van der Waals surface area contributed by atoms with Gasteiger partial charge >= 0.3 is 6.18 Å². The molecule has 3 nitrogen and oxygen atoms in total. The van der Waals surface area contributed by atoms with E-state index in [0.29, 0.717) is 6.42 Å². The van der Waals surface area contributed by atoms with Crippen LogP contribution in [0.15, 0.2) is 30.3 Å². The van der Waals surface area contributed by atoms with Crippen LogP contribution in [0.25, 0.3) is 0 Å². The lowest BCUT2D eigenvalue weighted by Crippen LogP contribution is -2.55. The van der Waals surface area contributed by atoms with Gasteiger partial charge in [-0.2, -0.15) is 13.2 Å². The molecule has 0 aliphatic carbocycles. The Morgan fingerprint density at radius 2 is 2.00 bits per heavy atom. The third kappa shape index (κ3) is 1.90. The molecule has 1 amide bonds. The molecule has 0 radical (unpaired) electrons. The van der Waals surface area contributed by atoms with Gasteiger partial charge in [0.1, 0.15) is 0 Å². The number of rotatable bonds is 2. The molecule has 2 atom stereocenters. The van der Waals surface area contributed by atoms with E-state index in [2.05, 4.69) is 0 Å². The molecule has 2 fully saturated rings. The van der Waals surface area contributed by atoms with Crippen molar-refractivity contribution in [2.45, 2.75) is 37.2 Å². The molecule has 1 aromatic rings. The largest absolute Gasteiger partial charge is 0.436 e. The first-order chi connectivity index (χ1) is 9.44. The van der Waals surface area contributed by atoms with Crippen LogP contribution in [0, 0.1) is 0 Å². The highest BCUT2D eigenvalue weighted by molar-refractivity contribution is 5.80. The maximum atomic E-state index is 13.3. The van der Waals surface area contributed by atoms with Crippen LogP contribution in [-0.4, -0.2) is 35.4 Å². The van der Waals surface area contributed by atoms with Crippen molar-refractivity contribution in [1.82, 2.24) is 4.90 Å². The van der Waals surface area contributed by atoms with Crippen LogP contribution >= 0.6 is 0 Å². The van der Waals surface area contributed by atoms with E-state index in [1.54, 1.807) is 0 Å². The zero-order valence-electron chi connectivity index (χ0n) is 10.7. The van der Waals surface area contributed by atoms with Gasteiger partial charge in [0.05, 0.1) is 12.6 Å². The number of ether oxygens (including phenoxy) is 1. The lowest BCUT2D eigenvalue weighted by atomic mass is 10.1. The summed E-state index contributed by atoms with van der Waals surface area (Å²) in [7, 11) is 0. The summed E-state index contributed by atoms with van der Waals surface area (Å²) in [4.78, 5) is 12.8. The normalized spacial score (nSPS) is 29.9. The van der Waals surface area contributed by atoms with Crippen molar-refractivity contribution in [2.75, 3.05) is 6.61 Å². The molecule has 0 N–H and O–H groups in total. The number of nitrogens with zero attached hydrogens (tertiary/aromatic N) is 1. The van der Waals surface area contributed by atoms with Gasteiger partial charge in [0.15, 0.2) is 0 Å². The first-order valence-corrected chi connectivity index (χ1v) is 6.51. The minimum absolute atomic E-state index is 0.0693. The molecule has 0 unspecified atom stereocenters. The molecule has 2 aliphatic rings. The minimum atomic E-state index is -4.55. The number of benzene rings is 1. The number of hydrogen-bond acceptors (Lipinski definition) is 2. The summed E-state index contributed by atoms with van der Waals surface area (Å²) in [6.07, 6.45) is -4.58. The molecule has 2 saturated heterocycles. The first kappa shape index (κ1) is 13.4. The van der Waals surface area contributed by atoms with Crippen LogP contribution < -0.4 is 0 Å². The minimum Gasteiger partial charge on any atom is -0.345 e. The molecule has 0 bridgehead atoms. The highest BCUT2D eigenvalue weighted by Gasteiger charge is 2.68. The Hall–Kier alpha value is -1.56. The molecule has 20 heavy (non-hydrogen) atoms. The highest BCUT2D eigenvalue weighted by atomic mass is 19.4. The number of fused-ring (bicyclic) bond motifs is 1. The predicted molar refractivity (Wildman–Crippen MR) is 64.8 cm³/mol. The number of carbonyl (C=O) groups excluding carboxylic acids is 1. The zero-order valence-corrected chi connectivity index (χ0v) is 10.7. The van der Waals surface area contributed by atoms with Crippen LogP contribution in [0.1, 0.15) is 18.4 Å².